The van der Waals surface area contributed by atoms with Crippen molar-refractivity contribution < 1.29 is 0 Å². The van der Waals surface area contributed by atoms with E-state index in [1.54, 1.807) is 0 Å². The molecule has 1 aromatic heterocycles. The molecule has 2 nitrogen and oxygen atoms in total. The highest BCUT2D eigenvalue weighted by Crippen LogP contribution is 2.23. The Morgan fingerprint density at radius 1 is 1.33 bits per heavy atom. The molecule has 0 aliphatic carbocycles. The summed E-state index contributed by atoms with van der Waals surface area (Å²) < 4.78 is 2.12. The normalized spacial score (nSPS) is 10.8. The van der Waals surface area contributed by atoms with Crippen molar-refractivity contribution in [2.45, 2.75) is 6.92 Å². The van der Waals surface area contributed by atoms with E-state index in [-0.39, 0.29) is 0 Å². The number of aromatic nitrogens is 1. The van der Waals surface area contributed by atoms with E-state index in [9.17, 15) is 0 Å². The van der Waals surface area contributed by atoms with Gasteiger partial charge in [-0.25, -0.2) is 0 Å². The highest BCUT2D eigenvalue weighted by atomic mass is 15.0. The summed E-state index contributed by atoms with van der Waals surface area (Å²) in [6, 6.07) is 8.14. The molecule has 0 radical (unpaired) electrons. The van der Waals surface area contributed by atoms with E-state index in [2.05, 4.69) is 23.6 Å². The molecule has 0 amide bonds. The molecule has 0 bridgehead atoms. The molecule has 0 aliphatic heterocycles. The quantitative estimate of drug-likeness (QED) is 0.587. The van der Waals surface area contributed by atoms with Gasteiger partial charge in [0.2, 0.25) is 0 Å². The third-order valence-corrected chi connectivity index (χ3v) is 2.33. The van der Waals surface area contributed by atoms with E-state index in [0.717, 1.165) is 11.2 Å². The summed E-state index contributed by atoms with van der Waals surface area (Å²) in [5.41, 5.74) is 9.07. The summed E-state index contributed by atoms with van der Waals surface area (Å²) in [4.78, 5) is 0. The number of fused-ring (bicyclic) bond motifs is 1. The fourth-order valence-corrected chi connectivity index (χ4v) is 1.58. The van der Waals surface area contributed by atoms with Gasteiger partial charge in [-0.15, -0.1) is 0 Å². The van der Waals surface area contributed by atoms with Crippen LogP contribution in [0.25, 0.3) is 10.9 Å². The molecule has 0 saturated heterocycles. The van der Waals surface area contributed by atoms with Gasteiger partial charge in [0.25, 0.3) is 0 Å². The first-order valence-corrected chi connectivity index (χ1v) is 4.00. The van der Waals surface area contributed by atoms with Gasteiger partial charge in [-0.1, -0.05) is 12.1 Å². The molecule has 12 heavy (non-hydrogen) atoms. The zero-order valence-corrected chi connectivity index (χ0v) is 7.33. The maximum absolute atomic E-state index is 5.85. The van der Waals surface area contributed by atoms with Gasteiger partial charge in [0.15, 0.2) is 0 Å². The molecule has 1 aromatic carbocycles. The second-order valence-electron chi connectivity index (χ2n) is 3.13. The molecular weight excluding hydrogens is 148 g/mol. The van der Waals surface area contributed by atoms with E-state index in [4.69, 9.17) is 5.73 Å². The average Bonchev–Trinajstić information content (AvgIpc) is 2.29. The van der Waals surface area contributed by atoms with Gasteiger partial charge >= 0.3 is 0 Å². The lowest BCUT2D eigenvalue weighted by Crippen LogP contribution is -1.94. The number of aryl methyl sites for hydroxylation is 2. The van der Waals surface area contributed by atoms with Crippen molar-refractivity contribution in [1.82, 2.24) is 4.57 Å². The van der Waals surface area contributed by atoms with Crippen molar-refractivity contribution >= 4 is 16.6 Å². The highest BCUT2D eigenvalue weighted by molar-refractivity contribution is 5.91. The molecule has 62 valence electrons. The molecule has 0 fully saturated rings. The van der Waals surface area contributed by atoms with Crippen LogP contribution in [0.2, 0.25) is 0 Å². The second-order valence-corrected chi connectivity index (χ2v) is 3.13. The number of nitrogens with two attached hydrogens (primary N) is 1. The van der Waals surface area contributed by atoms with Crippen LogP contribution in [-0.4, -0.2) is 4.57 Å². The van der Waals surface area contributed by atoms with Crippen molar-refractivity contribution in [3.05, 3.63) is 30.0 Å². The number of rotatable bonds is 0. The highest BCUT2D eigenvalue weighted by Gasteiger charge is 2.03. The van der Waals surface area contributed by atoms with Crippen LogP contribution >= 0.6 is 0 Å². The molecule has 0 spiro atoms. The van der Waals surface area contributed by atoms with Crippen LogP contribution in [0.4, 0.5) is 5.69 Å². The number of benzene rings is 1. The third-order valence-electron chi connectivity index (χ3n) is 2.33. The SMILES string of the molecule is Cc1cc2cccc(N)c2n1C. The summed E-state index contributed by atoms with van der Waals surface area (Å²) in [5.74, 6) is 0. The van der Waals surface area contributed by atoms with Gasteiger partial charge in [0, 0.05) is 18.1 Å². The smallest absolute Gasteiger partial charge is 0.0713 e. The Balaban J connectivity index is 2.97. The number of hydrogen-bond donors (Lipinski definition) is 1. The lowest BCUT2D eigenvalue weighted by molar-refractivity contribution is 0.919. The maximum Gasteiger partial charge on any atom is 0.0713 e. The number of nitrogen functional groups attached to an aromatic ring is 1. The van der Waals surface area contributed by atoms with Gasteiger partial charge < -0.3 is 10.3 Å². The van der Waals surface area contributed by atoms with Gasteiger partial charge in [-0.2, -0.15) is 0 Å². The van der Waals surface area contributed by atoms with Crippen molar-refractivity contribution in [3.8, 4) is 0 Å². The summed E-state index contributed by atoms with van der Waals surface area (Å²) >= 11 is 0. The van der Waals surface area contributed by atoms with Crippen molar-refractivity contribution in [2.24, 2.45) is 7.05 Å². The standard InChI is InChI=1S/C10H12N2/c1-7-6-8-4-3-5-9(11)10(8)12(7)2/h3-6H,11H2,1-2H3. The third kappa shape index (κ3) is 0.811. The Bertz CT molecular complexity index is 427. The molecule has 2 aromatic rings. The Morgan fingerprint density at radius 3 is 2.75 bits per heavy atom. The lowest BCUT2D eigenvalue weighted by Gasteiger charge is -2.01. The van der Waals surface area contributed by atoms with E-state index in [1.165, 1.54) is 11.1 Å². The van der Waals surface area contributed by atoms with Crippen LogP contribution in [0, 0.1) is 6.92 Å². The van der Waals surface area contributed by atoms with E-state index < -0.39 is 0 Å². The predicted molar refractivity (Wildman–Crippen MR) is 52.1 cm³/mol. The Hall–Kier alpha value is -1.44. The van der Waals surface area contributed by atoms with Crippen molar-refractivity contribution in [3.63, 3.8) is 0 Å². The Kier molecular flexibility index (Phi) is 1.37. The van der Waals surface area contributed by atoms with E-state index in [1.807, 2.05) is 19.2 Å². The maximum atomic E-state index is 5.85. The first-order valence-electron chi connectivity index (χ1n) is 4.00. The number of para-hydroxylation sites is 1. The lowest BCUT2D eigenvalue weighted by atomic mass is 10.2. The molecule has 0 atom stereocenters. The Labute approximate surface area is 71.6 Å². The second kappa shape index (κ2) is 2.27. The van der Waals surface area contributed by atoms with E-state index in [0.29, 0.717) is 0 Å². The predicted octanol–water partition coefficient (Wildman–Crippen LogP) is 2.07. The van der Waals surface area contributed by atoms with Gasteiger partial charge in [-0.05, 0) is 19.1 Å². The summed E-state index contributed by atoms with van der Waals surface area (Å²) in [5, 5.41) is 1.22. The molecule has 0 saturated carbocycles. The minimum absolute atomic E-state index is 0.850. The minimum atomic E-state index is 0.850. The van der Waals surface area contributed by atoms with Gasteiger partial charge in [0.05, 0.1) is 11.2 Å². The fourth-order valence-electron chi connectivity index (χ4n) is 1.58. The first kappa shape index (κ1) is 7.22. The fraction of sp³-hybridized carbons (Fsp3) is 0.200. The number of hydrogen-bond acceptors (Lipinski definition) is 1. The van der Waals surface area contributed by atoms with Crippen molar-refractivity contribution in [2.75, 3.05) is 5.73 Å². The van der Waals surface area contributed by atoms with Crippen molar-refractivity contribution in [1.29, 1.82) is 0 Å². The van der Waals surface area contributed by atoms with Crippen LogP contribution in [-0.2, 0) is 7.05 Å². The zero-order chi connectivity index (χ0) is 8.72. The average molecular weight is 160 g/mol. The minimum Gasteiger partial charge on any atom is -0.397 e. The van der Waals surface area contributed by atoms with Gasteiger partial charge in [0.1, 0.15) is 0 Å². The van der Waals surface area contributed by atoms with Crippen LogP contribution in [0.5, 0.6) is 0 Å². The largest absolute Gasteiger partial charge is 0.397 e. The van der Waals surface area contributed by atoms with E-state index >= 15 is 0 Å². The van der Waals surface area contributed by atoms with Crippen LogP contribution in [0.15, 0.2) is 24.3 Å². The summed E-state index contributed by atoms with van der Waals surface area (Å²) in [6.45, 7) is 2.08. The molecule has 0 unspecified atom stereocenters. The number of anilines is 1. The monoisotopic (exact) mass is 160 g/mol. The van der Waals surface area contributed by atoms with Gasteiger partial charge in [-0.3, -0.25) is 0 Å². The first-order chi connectivity index (χ1) is 5.70. The summed E-state index contributed by atoms with van der Waals surface area (Å²) in [7, 11) is 2.04. The molecule has 2 N–H and O–H groups in total. The molecular formula is C10H12N2. The molecule has 2 rings (SSSR count). The summed E-state index contributed by atoms with van der Waals surface area (Å²) in [6.07, 6.45) is 0. The molecule has 1 heterocycles. The van der Waals surface area contributed by atoms with Crippen LogP contribution in [0.1, 0.15) is 5.69 Å². The Morgan fingerprint density at radius 2 is 2.08 bits per heavy atom. The molecule has 0 aliphatic rings. The zero-order valence-electron chi connectivity index (χ0n) is 7.33. The van der Waals surface area contributed by atoms with Crippen LogP contribution in [0.3, 0.4) is 0 Å². The topological polar surface area (TPSA) is 30.9 Å². The molecule has 2 heteroatoms. The van der Waals surface area contributed by atoms with Crippen LogP contribution < -0.4 is 5.73 Å². The number of nitrogens with zero attached hydrogens (tertiary/aromatic N) is 1.